The summed E-state index contributed by atoms with van der Waals surface area (Å²) in [5.41, 5.74) is 1.07. The van der Waals surface area contributed by atoms with E-state index in [0.29, 0.717) is 45.3 Å². The molecule has 1 aliphatic rings. The molecule has 1 aliphatic heterocycles. The molecular formula is C23H16ClFN2O5S. The van der Waals surface area contributed by atoms with Gasteiger partial charge in [-0.3, -0.25) is 19.3 Å². The van der Waals surface area contributed by atoms with E-state index in [1.54, 1.807) is 36.4 Å². The second-order valence-electron chi connectivity index (χ2n) is 6.87. The maximum Gasteiger partial charge on any atom is 0.294 e. The average molecular weight is 487 g/mol. The molecule has 1 saturated heterocycles. The summed E-state index contributed by atoms with van der Waals surface area (Å²) in [5, 5.41) is 2.33. The zero-order chi connectivity index (χ0) is 23.5. The Morgan fingerprint density at radius 2 is 1.94 bits per heavy atom. The van der Waals surface area contributed by atoms with E-state index in [0.717, 1.165) is 4.90 Å². The van der Waals surface area contributed by atoms with Crippen molar-refractivity contribution in [3.8, 4) is 17.1 Å². The number of furan rings is 1. The zero-order valence-corrected chi connectivity index (χ0v) is 18.7. The van der Waals surface area contributed by atoms with E-state index in [1.807, 2.05) is 0 Å². The minimum absolute atomic E-state index is 0.125. The topological polar surface area (TPSA) is 88.8 Å². The van der Waals surface area contributed by atoms with Gasteiger partial charge in [0.05, 0.1) is 17.0 Å². The summed E-state index contributed by atoms with van der Waals surface area (Å²) in [5.74, 6) is -0.247. The quantitative estimate of drug-likeness (QED) is 0.468. The molecule has 0 bridgehead atoms. The molecule has 0 unspecified atom stereocenters. The molecule has 0 saturated carbocycles. The van der Waals surface area contributed by atoms with Crippen LogP contribution in [-0.2, 0) is 9.59 Å². The van der Waals surface area contributed by atoms with Crippen molar-refractivity contribution >= 4 is 52.2 Å². The molecule has 3 aromatic rings. The first kappa shape index (κ1) is 22.6. The second-order valence-corrected chi connectivity index (χ2v) is 8.27. The summed E-state index contributed by atoms with van der Waals surface area (Å²) in [7, 11) is 1.47. The summed E-state index contributed by atoms with van der Waals surface area (Å²) in [6, 6.07) is 13.8. The van der Waals surface area contributed by atoms with Gasteiger partial charge in [0, 0.05) is 17.3 Å². The lowest BCUT2D eigenvalue weighted by molar-refractivity contribution is -0.127. The van der Waals surface area contributed by atoms with Crippen LogP contribution in [0.15, 0.2) is 63.9 Å². The highest BCUT2D eigenvalue weighted by atomic mass is 35.5. The van der Waals surface area contributed by atoms with Crippen molar-refractivity contribution in [3.05, 3.63) is 76.1 Å². The van der Waals surface area contributed by atoms with Crippen molar-refractivity contribution in [2.75, 3.05) is 19.0 Å². The van der Waals surface area contributed by atoms with Crippen LogP contribution in [0, 0.1) is 5.82 Å². The van der Waals surface area contributed by atoms with E-state index in [4.69, 9.17) is 20.8 Å². The number of carbonyl (C=O) groups excluding carboxylic acids is 3. The minimum Gasteiger partial charge on any atom is -0.495 e. The third-order valence-corrected chi connectivity index (χ3v) is 5.84. The molecule has 0 aliphatic carbocycles. The molecule has 4 rings (SSSR count). The van der Waals surface area contributed by atoms with Crippen molar-refractivity contribution in [3.63, 3.8) is 0 Å². The van der Waals surface area contributed by atoms with Gasteiger partial charge in [0.1, 0.15) is 29.6 Å². The number of nitrogens with one attached hydrogen (secondary N) is 1. The first-order valence-electron chi connectivity index (χ1n) is 9.58. The largest absolute Gasteiger partial charge is 0.495 e. The molecule has 2 aromatic carbocycles. The predicted octanol–water partition coefficient (Wildman–Crippen LogP) is 5.42. The lowest BCUT2D eigenvalue weighted by atomic mass is 10.2. The monoisotopic (exact) mass is 486 g/mol. The van der Waals surface area contributed by atoms with Crippen LogP contribution < -0.4 is 10.1 Å². The maximum atomic E-state index is 13.1. The highest BCUT2D eigenvalue weighted by Crippen LogP contribution is 2.33. The zero-order valence-electron chi connectivity index (χ0n) is 17.1. The van der Waals surface area contributed by atoms with Crippen molar-refractivity contribution in [2.24, 2.45) is 0 Å². The number of rotatable bonds is 6. The van der Waals surface area contributed by atoms with E-state index in [9.17, 15) is 18.8 Å². The second kappa shape index (κ2) is 9.51. The number of benzene rings is 2. The number of hydrogen-bond acceptors (Lipinski definition) is 6. The van der Waals surface area contributed by atoms with Gasteiger partial charge in [0.25, 0.3) is 11.1 Å². The van der Waals surface area contributed by atoms with Crippen LogP contribution in [0.5, 0.6) is 5.75 Å². The lowest BCUT2D eigenvalue weighted by Crippen LogP contribution is -2.36. The van der Waals surface area contributed by atoms with Crippen LogP contribution in [0.25, 0.3) is 17.4 Å². The van der Waals surface area contributed by atoms with Crippen LogP contribution in [-0.4, -0.2) is 35.6 Å². The molecule has 0 atom stereocenters. The van der Waals surface area contributed by atoms with E-state index >= 15 is 0 Å². The van der Waals surface area contributed by atoms with E-state index in [-0.39, 0.29) is 10.7 Å². The van der Waals surface area contributed by atoms with Gasteiger partial charge >= 0.3 is 0 Å². The SMILES string of the molecule is COc1ccc(NC(=O)CN2C(=O)S/C(=C\c3ccc(-c4ccc(F)cc4)o3)C2=O)cc1Cl. The molecule has 3 amide bonds. The maximum absolute atomic E-state index is 13.1. The number of anilines is 1. The number of halogens is 2. The number of hydrogen-bond donors (Lipinski definition) is 1. The standard InChI is InChI=1S/C23H16ClFN2O5S/c1-31-19-8-6-15(10-17(19)24)26-21(28)12-27-22(29)20(33-23(27)30)11-16-7-9-18(32-16)13-2-4-14(25)5-3-13/h2-11H,12H2,1H3,(H,26,28)/b20-11-. The first-order valence-corrected chi connectivity index (χ1v) is 10.8. The molecule has 1 N–H and O–H groups in total. The summed E-state index contributed by atoms with van der Waals surface area (Å²) in [6.07, 6.45) is 1.43. The van der Waals surface area contributed by atoms with Crippen LogP contribution >= 0.6 is 23.4 Å². The van der Waals surface area contributed by atoms with Crippen molar-refractivity contribution in [1.82, 2.24) is 4.90 Å². The van der Waals surface area contributed by atoms with Gasteiger partial charge in [-0.15, -0.1) is 0 Å². The van der Waals surface area contributed by atoms with E-state index in [2.05, 4.69) is 5.32 Å². The molecule has 168 valence electrons. The Labute approximate surface area is 197 Å². The summed E-state index contributed by atoms with van der Waals surface area (Å²) in [4.78, 5) is 38.3. The fraction of sp³-hybridized carbons (Fsp3) is 0.0870. The number of nitrogens with zero attached hydrogens (tertiary/aromatic N) is 1. The highest BCUT2D eigenvalue weighted by molar-refractivity contribution is 8.18. The Kier molecular flexibility index (Phi) is 6.52. The van der Waals surface area contributed by atoms with Crippen LogP contribution in [0.4, 0.5) is 14.9 Å². The molecule has 1 fully saturated rings. The summed E-state index contributed by atoms with van der Waals surface area (Å²) in [6.45, 7) is -0.454. The highest BCUT2D eigenvalue weighted by Gasteiger charge is 2.36. The molecule has 10 heteroatoms. The Bertz CT molecular complexity index is 1270. The molecule has 0 radical (unpaired) electrons. The van der Waals surface area contributed by atoms with Gasteiger partial charge in [-0.1, -0.05) is 11.6 Å². The smallest absolute Gasteiger partial charge is 0.294 e. The van der Waals surface area contributed by atoms with Gasteiger partial charge in [0.2, 0.25) is 5.91 Å². The van der Waals surface area contributed by atoms with Crippen molar-refractivity contribution in [1.29, 1.82) is 0 Å². The fourth-order valence-corrected chi connectivity index (χ4v) is 4.13. The molecule has 2 heterocycles. The lowest BCUT2D eigenvalue weighted by Gasteiger charge is -2.13. The van der Waals surface area contributed by atoms with Gasteiger partial charge in [-0.05, 0) is 66.4 Å². The third-order valence-electron chi connectivity index (χ3n) is 4.64. The number of imide groups is 1. The molecule has 0 spiro atoms. The number of carbonyl (C=O) groups is 3. The Hall–Kier alpha value is -3.56. The Morgan fingerprint density at radius 1 is 1.18 bits per heavy atom. The molecule has 33 heavy (non-hydrogen) atoms. The Balaban J connectivity index is 1.43. The average Bonchev–Trinajstić information content (AvgIpc) is 3.35. The molecule has 1 aromatic heterocycles. The summed E-state index contributed by atoms with van der Waals surface area (Å²) >= 11 is 6.75. The van der Waals surface area contributed by atoms with Crippen molar-refractivity contribution < 1.29 is 27.9 Å². The summed E-state index contributed by atoms with van der Waals surface area (Å²) < 4.78 is 23.8. The fourth-order valence-electron chi connectivity index (χ4n) is 3.05. The van der Waals surface area contributed by atoms with Crippen LogP contribution in [0.3, 0.4) is 0 Å². The molecule has 7 nitrogen and oxygen atoms in total. The third kappa shape index (κ3) is 5.10. The van der Waals surface area contributed by atoms with Gasteiger partial charge in [0.15, 0.2) is 0 Å². The van der Waals surface area contributed by atoms with E-state index in [1.165, 1.54) is 31.4 Å². The Morgan fingerprint density at radius 3 is 2.64 bits per heavy atom. The van der Waals surface area contributed by atoms with Gasteiger partial charge < -0.3 is 14.5 Å². The number of thioether (sulfide) groups is 1. The van der Waals surface area contributed by atoms with Crippen molar-refractivity contribution in [2.45, 2.75) is 0 Å². The number of ether oxygens (including phenoxy) is 1. The van der Waals surface area contributed by atoms with Gasteiger partial charge in [-0.2, -0.15) is 0 Å². The normalized spacial score (nSPS) is 14.8. The van der Waals surface area contributed by atoms with Crippen LogP contribution in [0.2, 0.25) is 5.02 Å². The number of amides is 3. The van der Waals surface area contributed by atoms with Gasteiger partial charge in [-0.25, -0.2) is 4.39 Å². The first-order chi connectivity index (χ1) is 15.8. The predicted molar refractivity (Wildman–Crippen MR) is 123 cm³/mol. The number of methoxy groups -OCH3 is 1. The van der Waals surface area contributed by atoms with Crippen LogP contribution in [0.1, 0.15) is 5.76 Å². The van der Waals surface area contributed by atoms with E-state index < -0.39 is 23.6 Å². The molecular weight excluding hydrogens is 471 g/mol. The minimum atomic E-state index is -0.604.